The average molecular weight is 360 g/mol. The average Bonchev–Trinajstić information content (AvgIpc) is 2.97. The first-order valence-electron chi connectivity index (χ1n) is 7.71. The summed E-state index contributed by atoms with van der Waals surface area (Å²) in [6.07, 6.45) is -3.25. The molecule has 25 heavy (non-hydrogen) atoms. The Labute approximate surface area is 145 Å². The Balaban J connectivity index is 3.07. The molecule has 0 aromatic carbocycles. The Morgan fingerprint density at radius 2 is 2.20 bits per heavy atom. The lowest BCUT2D eigenvalue weighted by atomic mass is 10.2. The molecular formula is C14H25FN6O4. The van der Waals surface area contributed by atoms with Crippen molar-refractivity contribution < 1.29 is 23.8 Å². The van der Waals surface area contributed by atoms with Crippen molar-refractivity contribution in [3.05, 3.63) is 11.5 Å². The Bertz CT molecular complexity index is 553. The maximum atomic E-state index is 13.7. The van der Waals surface area contributed by atoms with Gasteiger partial charge < -0.3 is 20.9 Å². The van der Waals surface area contributed by atoms with Gasteiger partial charge in [0.25, 0.3) is 0 Å². The molecule has 1 heterocycles. The largest absolute Gasteiger partial charge is 0.394 e. The summed E-state index contributed by atoms with van der Waals surface area (Å²) in [4.78, 5) is 26.9. The number of ether oxygens (including phenoxy) is 1. The molecule has 0 aromatic rings. The fraction of sp³-hybridized carbons (Fsp3) is 0.643. The second kappa shape index (κ2) is 9.30. The normalized spacial score (nSPS) is 24.8. The van der Waals surface area contributed by atoms with Gasteiger partial charge in [0.05, 0.1) is 6.61 Å². The smallest absolute Gasteiger partial charge is 0.229 e. The van der Waals surface area contributed by atoms with Crippen LogP contribution in [-0.4, -0.2) is 60.4 Å². The first-order chi connectivity index (χ1) is 11.7. The van der Waals surface area contributed by atoms with Crippen LogP contribution < -0.4 is 22.2 Å². The van der Waals surface area contributed by atoms with Crippen LogP contribution in [0.15, 0.2) is 16.5 Å². The fourth-order valence-electron chi connectivity index (χ4n) is 2.00. The van der Waals surface area contributed by atoms with E-state index in [9.17, 15) is 14.0 Å². The predicted molar refractivity (Wildman–Crippen MR) is 88.0 cm³/mol. The van der Waals surface area contributed by atoms with Crippen molar-refractivity contribution in [1.29, 1.82) is 0 Å². The van der Waals surface area contributed by atoms with Crippen LogP contribution in [0, 0.1) is 5.92 Å². The van der Waals surface area contributed by atoms with Crippen LogP contribution in [0.1, 0.15) is 20.3 Å². The molecule has 0 saturated carbocycles. The van der Waals surface area contributed by atoms with Gasteiger partial charge >= 0.3 is 0 Å². The van der Waals surface area contributed by atoms with E-state index >= 15 is 0 Å². The number of aliphatic hydroxyl groups is 1. The van der Waals surface area contributed by atoms with Crippen molar-refractivity contribution in [1.82, 2.24) is 15.6 Å². The molecule has 1 aliphatic heterocycles. The van der Waals surface area contributed by atoms with Crippen LogP contribution in [0.25, 0.3) is 0 Å². The molecule has 7 N–H and O–H groups in total. The number of aldehydes is 1. The highest BCUT2D eigenvalue weighted by Gasteiger charge is 2.38. The van der Waals surface area contributed by atoms with E-state index in [4.69, 9.17) is 21.4 Å². The minimum absolute atomic E-state index is 0.00227. The van der Waals surface area contributed by atoms with Gasteiger partial charge in [-0.05, 0) is 0 Å². The van der Waals surface area contributed by atoms with Crippen LogP contribution in [0.5, 0.6) is 0 Å². The first-order valence-corrected chi connectivity index (χ1v) is 7.71. The summed E-state index contributed by atoms with van der Waals surface area (Å²) in [5.41, 5.74) is 5.29. The zero-order valence-corrected chi connectivity index (χ0v) is 14.4. The molecule has 3 atom stereocenters. The third-order valence-electron chi connectivity index (χ3n) is 3.50. The van der Waals surface area contributed by atoms with Gasteiger partial charge in [-0.3, -0.25) is 19.9 Å². The molecule has 1 fully saturated rings. The van der Waals surface area contributed by atoms with Crippen LogP contribution in [0.2, 0.25) is 0 Å². The Hall–Kier alpha value is -2.24. The predicted octanol–water partition coefficient (Wildman–Crippen LogP) is -1.72. The maximum Gasteiger partial charge on any atom is 0.229 e. The van der Waals surface area contributed by atoms with Crippen molar-refractivity contribution >= 4 is 18.2 Å². The molecule has 1 aliphatic rings. The molecule has 11 heteroatoms. The van der Waals surface area contributed by atoms with E-state index in [1.165, 1.54) is 7.05 Å². The molecule has 0 aliphatic carbocycles. The first kappa shape index (κ1) is 20.8. The van der Waals surface area contributed by atoms with Gasteiger partial charge in [-0.25, -0.2) is 10.2 Å². The standard InChI is InChI=1S/C14H25FN6O4/c1-7(2)13(24)20-14(18-3)19-12(9(16)5-22)21(17)11-4-8(15)10(6-23)25-11/h5,7-8,10-11,23H,4,6,16-17H2,1-3H3,(H2,18,19,20,24)/b12-9-/t8-,10+,11+/m0/s1. The van der Waals surface area contributed by atoms with Gasteiger partial charge in [-0.2, -0.15) is 4.99 Å². The van der Waals surface area contributed by atoms with E-state index in [1.807, 2.05) is 0 Å². The molecular weight excluding hydrogens is 335 g/mol. The van der Waals surface area contributed by atoms with Crippen LogP contribution in [-0.2, 0) is 14.3 Å². The number of aliphatic hydroxyl groups excluding tert-OH is 1. The number of carbonyl (C=O) groups excluding carboxylic acids is 2. The molecule has 0 aromatic heterocycles. The highest BCUT2D eigenvalue weighted by Crippen LogP contribution is 2.26. The van der Waals surface area contributed by atoms with E-state index in [-0.39, 0.29) is 35.7 Å². The van der Waals surface area contributed by atoms with Crippen molar-refractivity contribution in [2.45, 2.75) is 38.8 Å². The number of hydrogen-bond donors (Lipinski definition) is 5. The summed E-state index contributed by atoms with van der Waals surface area (Å²) in [7, 11) is 1.50. The highest BCUT2D eigenvalue weighted by molar-refractivity contribution is 5.98. The third kappa shape index (κ3) is 5.37. The number of allylic oxidation sites excluding steroid dienone is 1. The molecule has 10 nitrogen and oxygen atoms in total. The number of nitrogens with one attached hydrogen (secondary N) is 2. The molecule has 1 saturated heterocycles. The maximum absolute atomic E-state index is 13.7. The molecule has 0 unspecified atom stereocenters. The highest BCUT2D eigenvalue weighted by atomic mass is 19.1. The number of halogens is 1. The van der Waals surface area contributed by atoms with Crippen LogP contribution in [0.4, 0.5) is 4.39 Å². The minimum Gasteiger partial charge on any atom is -0.394 e. The van der Waals surface area contributed by atoms with Crippen molar-refractivity contribution in [3.63, 3.8) is 0 Å². The number of aliphatic imine (C=N–C) groups is 1. The summed E-state index contributed by atoms with van der Waals surface area (Å²) in [5.74, 6) is 5.06. The quantitative estimate of drug-likeness (QED) is 0.0935. The van der Waals surface area contributed by atoms with Crippen LogP contribution in [0.3, 0.4) is 0 Å². The van der Waals surface area contributed by atoms with Gasteiger partial charge in [0.2, 0.25) is 11.9 Å². The minimum atomic E-state index is -1.42. The number of nitrogens with zero attached hydrogens (tertiary/aromatic N) is 2. The zero-order valence-electron chi connectivity index (χ0n) is 14.4. The Kier molecular flexibility index (Phi) is 7.74. The molecule has 0 radical (unpaired) electrons. The van der Waals surface area contributed by atoms with Crippen molar-refractivity contribution in [2.24, 2.45) is 22.5 Å². The Morgan fingerprint density at radius 1 is 1.56 bits per heavy atom. The number of carbonyl (C=O) groups is 2. The summed E-state index contributed by atoms with van der Waals surface area (Å²) in [5, 5.41) is 15.1. The third-order valence-corrected chi connectivity index (χ3v) is 3.50. The molecule has 1 amide bonds. The lowest BCUT2D eigenvalue weighted by Crippen LogP contribution is -2.45. The zero-order chi connectivity index (χ0) is 19.1. The van der Waals surface area contributed by atoms with E-state index in [0.29, 0.717) is 6.29 Å². The SMILES string of the molecule is CN/C(=N\C(=C(\N)C=O)N(N)[C@H]1C[C@H](F)[C@@H](CO)O1)NC(=O)C(C)C. The number of amides is 1. The number of hydrazine groups is 1. The van der Waals surface area contributed by atoms with Crippen molar-refractivity contribution in [2.75, 3.05) is 13.7 Å². The van der Waals surface area contributed by atoms with Gasteiger partial charge in [-0.1, -0.05) is 13.8 Å². The lowest BCUT2D eigenvalue weighted by Gasteiger charge is -2.26. The van der Waals surface area contributed by atoms with E-state index < -0.39 is 25.1 Å². The molecule has 0 spiro atoms. The number of nitrogens with two attached hydrogens (primary N) is 2. The van der Waals surface area contributed by atoms with Gasteiger partial charge in [-0.15, -0.1) is 0 Å². The summed E-state index contributed by atoms with van der Waals surface area (Å²) < 4.78 is 19.0. The monoisotopic (exact) mass is 360 g/mol. The number of rotatable bonds is 6. The topological polar surface area (TPSA) is 155 Å². The number of guanidine groups is 1. The van der Waals surface area contributed by atoms with Gasteiger partial charge in [0.1, 0.15) is 24.2 Å². The van der Waals surface area contributed by atoms with E-state index in [2.05, 4.69) is 15.6 Å². The summed E-state index contributed by atoms with van der Waals surface area (Å²) in [6, 6.07) is 0. The van der Waals surface area contributed by atoms with Gasteiger partial charge in [0, 0.05) is 19.4 Å². The van der Waals surface area contributed by atoms with E-state index in [0.717, 1.165) is 5.01 Å². The second-order valence-corrected chi connectivity index (χ2v) is 5.72. The van der Waals surface area contributed by atoms with Crippen LogP contribution >= 0.6 is 0 Å². The second-order valence-electron chi connectivity index (χ2n) is 5.72. The number of hydrogen-bond acceptors (Lipinski definition) is 8. The Morgan fingerprint density at radius 3 is 2.64 bits per heavy atom. The molecule has 1 rings (SSSR count). The van der Waals surface area contributed by atoms with E-state index in [1.54, 1.807) is 13.8 Å². The lowest BCUT2D eigenvalue weighted by molar-refractivity contribution is -0.122. The molecule has 142 valence electrons. The van der Waals surface area contributed by atoms with Gasteiger partial charge in [0.15, 0.2) is 12.1 Å². The summed E-state index contributed by atoms with van der Waals surface area (Å²) in [6.45, 7) is 2.87. The van der Waals surface area contributed by atoms with Crippen molar-refractivity contribution in [3.8, 4) is 0 Å². The molecule has 0 bridgehead atoms. The summed E-state index contributed by atoms with van der Waals surface area (Å²) >= 11 is 0. The fourth-order valence-corrected chi connectivity index (χ4v) is 2.00. The number of alkyl halides is 1.